The summed E-state index contributed by atoms with van der Waals surface area (Å²) >= 11 is 1.67. The maximum atomic E-state index is 11.3. The molecule has 0 unspecified atom stereocenters. The summed E-state index contributed by atoms with van der Waals surface area (Å²) in [5.74, 6) is 0.758. The van der Waals surface area contributed by atoms with Crippen molar-refractivity contribution >= 4 is 39.7 Å². The molecule has 2 aromatic carbocycles. The lowest BCUT2D eigenvalue weighted by molar-refractivity contribution is 0.122. The fourth-order valence-corrected chi connectivity index (χ4v) is 5.37. The molecule has 8 nitrogen and oxygen atoms in total. The van der Waals surface area contributed by atoms with Gasteiger partial charge in [-0.15, -0.1) is 16.4 Å². The minimum atomic E-state index is -0.943. The molecule has 3 heterocycles. The number of carbonyl (C=O) groups is 1. The molecule has 2 N–H and O–H groups in total. The molecule has 0 saturated carbocycles. The van der Waals surface area contributed by atoms with Gasteiger partial charge in [0.1, 0.15) is 0 Å². The summed E-state index contributed by atoms with van der Waals surface area (Å²) in [4.78, 5) is 16.1. The van der Waals surface area contributed by atoms with Crippen molar-refractivity contribution in [3.8, 4) is 11.1 Å². The Morgan fingerprint density at radius 2 is 2.03 bits per heavy atom. The van der Waals surface area contributed by atoms with Crippen molar-refractivity contribution in [3.63, 3.8) is 0 Å². The predicted octanol–water partition coefficient (Wildman–Crippen LogP) is 5.48. The van der Waals surface area contributed by atoms with E-state index >= 15 is 0 Å². The highest BCUT2D eigenvalue weighted by Gasteiger charge is 2.17. The zero-order valence-electron chi connectivity index (χ0n) is 20.3. The molecule has 2 aromatic heterocycles. The fourth-order valence-electron chi connectivity index (χ4n) is 4.45. The Labute approximate surface area is 214 Å². The number of hydrogen-bond acceptors (Lipinski definition) is 7. The predicted molar refractivity (Wildman–Crippen MR) is 144 cm³/mol. The number of nitrogens with one attached hydrogen (secondary N) is 1. The molecular weight excluding hydrogens is 474 g/mol. The number of aromatic nitrogens is 2. The highest BCUT2D eigenvalue weighted by molar-refractivity contribution is 7.10. The number of carboxylic acid groups (broad SMARTS) is 1. The van der Waals surface area contributed by atoms with Gasteiger partial charge in [0.15, 0.2) is 5.82 Å². The third-order valence-corrected chi connectivity index (χ3v) is 7.60. The molecule has 0 bridgehead atoms. The molecule has 0 spiro atoms. The lowest BCUT2D eigenvalue weighted by atomic mass is 10.0. The van der Waals surface area contributed by atoms with Crippen molar-refractivity contribution in [2.75, 3.05) is 43.6 Å². The van der Waals surface area contributed by atoms with Gasteiger partial charge in [-0.3, -0.25) is 0 Å². The van der Waals surface area contributed by atoms with Gasteiger partial charge in [-0.1, -0.05) is 30.3 Å². The first kappa shape index (κ1) is 24.0. The SMILES string of the molecule is C[C@@H](Nc1nncc2ccc(N3CCOCC3)cc12)c1cc(-c2ccccc2CN(C)C(=O)O)cs1. The van der Waals surface area contributed by atoms with Gasteiger partial charge >= 0.3 is 6.09 Å². The van der Waals surface area contributed by atoms with E-state index in [0.717, 1.165) is 70.1 Å². The molecule has 1 amide bonds. The van der Waals surface area contributed by atoms with E-state index in [4.69, 9.17) is 4.74 Å². The summed E-state index contributed by atoms with van der Waals surface area (Å²) < 4.78 is 5.50. The Balaban J connectivity index is 1.38. The van der Waals surface area contributed by atoms with Crippen LogP contribution in [0.3, 0.4) is 0 Å². The number of ether oxygens (including phenoxy) is 1. The van der Waals surface area contributed by atoms with E-state index in [0.29, 0.717) is 6.54 Å². The van der Waals surface area contributed by atoms with Crippen LogP contribution in [0.1, 0.15) is 23.4 Å². The Hall–Kier alpha value is -3.69. The van der Waals surface area contributed by atoms with Crippen LogP contribution >= 0.6 is 11.3 Å². The maximum Gasteiger partial charge on any atom is 0.407 e. The summed E-state index contributed by atoms with van der Waals surface area (Å²) in [5, 5.41) is 25.7. The summed E-state index contributed by atoms with van der Waals surface area (Å²) in [7, 11) is 1.58. The van der Waals surface area contributed by atoms with Gasteiger partial charge in [0.05, 0.1) is 25.5 Å². The largest absolute Gasteiger partial charge is 0.465 e. The van der Waals surface area contributed by atoms with Crippen molar-refractivity contribution in [1.82, 2.24) is 15.1 Å². The Bertz CT molecular complexity index is 1370. The Morgan fingerprint density at radius 1 is 1.22 bits per heavy atom. The zero-order chi connectivity index (χ0) is 25.1. The number of fused-ring (bicyclic) bond motifs is 1. The van der Waals surface area contributed by atoms with Crippen molar-refractivity contribution in [2.45, 2.75) is 19.5 Å². The third-order valence-electron chi connectivity index (χ3n) is 6.48. The summed E-state index contributed by atoms with van der Waals surface area (Å²) in [6.45, 7) is 5.69. The second-order valence-electron chi connectivity index (χ2n) is 8.96. The number of morpholine rings is 1. The van der Waals surface area contributed by atoms with E-state index in [9.17, 15) is 9.90 Å². The molecule has 9 heteroatoms. The number of amides is 1. The van der Waals surface area contributed by atoms with Crippen LogP contribution < -0.4 is 10.2 Å². The van der Waals surface area contributed by atoms with Crippen LogP contribution in [0, 0.1) is 0 Å². The van der Waals surface area contributed by atoms with Gasteiger partial charge in [0.2, 0.25) is 0 Å². The molecule has 1 saturated heterocycles. The van der Waals surface area contributed by atoms with Crippen LogP contribution in [0.15, 0.2) is 60.1 Å². The molecule has 186 valence electrons. The van der Waals surface area contributed by atoms with E-state index in [2.05, 4.69) is 57.0 Å². The lowest BCUT2D eigenvalue weighted by Gasteiger charge is -2.29. The number of thiophene rings is 1. The van der Waals surface area contributed by atoms with Gasteiger partial charge < -0.3 is 25.0 Å². The summed E-state index contributed by atoms with van der Waals surface area (Å²) in [6.07, 6.45) is 0.851. The number of rotatable bonds is 7. The van der Waals surface area contributed by atoms with Crippen LogP contribution in [0.2, 0.25) is 0 Å². The van der Waals surface area contributed by atoms with E-state index in [1.165, 1.54) is 4.90 Å². The van der Waals surface area contributed by atoms with E-state index in [1.54, 1.807) is 24.6 Å². The van der Waals surface area contributed by atoms with Crippen LogP contribution in [0.25, 0.3) is 21.9 Å². The normalized spacial score (nSPS) is 14.6. The van der Waals surface area contributed by atoms with Gasteiger partial charge in [-0.05, 0) is 47.2 Å². The first-order valence-electron chi connectivity index (χ1n) is 11.9. The highest BCUT2D eigenvalue weighted by Crippen LogP contribution is 2.34. The molecule has 1 fully saturated rings. The van der Waals surface area contributed by atoms with Crippen LogP contribution in [-0.4, -0.2) is 59.6 Å². The minimum absolute atomic E-state index is 0.0181. The average molecular weight is 504 g/mol. The molecule has 4 aromatic rings. The molecule has 5 rings (SSSR count). The van der Waals surface area contributed by atoms with Crippen molar-refractivity contribution in [2.24, 2.45) is 0 Å². The standard InChI is InChI=1S/C27H29N5O3S/c1-18(25-13-21(17-36-25)23-6-4-3-5-20(23)16-31(2)27(33)34)29-26-24-14-22(32-9-11-35-12-10-32)8-7-19(24)15-28-30-26/h3-8,13-15,17-18H,9-12,16H2,1-2H3,(H,29,30)(H,33,34)/t18-/m1/s1. The Morgan fingerprint density at radius 3 is 2.83 bits per heavy atom. The molecule has 0 radical (unpaired) electrons. The van der Waals surface area contributed by atoms with Crippen LogP contribution in [-0.2, 0) is 11.3 Å². The van der Waals surface area contributed by atoms with Gasteiger partial charge in [-0.2, -0.15) is 5.10 Å². The minimum Gasteiger partial charge on any atom is -0.465 e. The molecule has 36 heavy (non-hydrogen) atoms. The smallest absolute Gasteiger partial charge is 0.407 e. The quantitative estimate of drug-likeness (QED) is 0.345. The van der Waals surface area contributed by atoms with E-state index < -0.39 is 6.09 Å². The van der Waals surface area contributed by atoms with Crippen molar-refractivity contribution in [3.05, 3.63) is 70.5 Å². The molecule has 1 aliphatic rings. The Kier molecular flexibility index (Phi) is 7.02. The highest BCUT2D eigenvalue weighted by atomic mass is 32.1. The first-order chi connectivity index (χ1) is 17.5. The summed E-state index contributed by atoms with van der Waals surface area (Å²) in [6, 6.07) is 16.5. The fraction of sp³-hybridized carbons (Fsp3) is 0.296. The second-order valence-corrected chi connectivity index (χ2v) is 9.91. The average Bonchev–Trinajstić information content (AvgIpc) is 3.40. The first-order valence-corrected chi connectivity index (χ1v) is 12.8. The van der Waals surface area contributed by atoms with Gasteiger partial charge in [0, 0.05) is 48.0 Å². The molecule has 1 aliphatic heterocycles. The monoisotopic (exact) mass is 503 g/mol. The molecule has 0 aliphatic carbocycles. The van der Waals surface area contributed by atoms with Gasteiger partial charge in [-0.25, -0.2) is 4.79 Å². The number of anilines is 2. The van der Waals surface area contributed by atoms with Gasteiger partial charge in [0.25, 0.3) is 0 Å². The summed E-state index contributed by atoms with van der Waals surface area (Å²) in [5.41, 5.74) is 4.26. The second kappa shape index (κ2) is 10.5. The van der Waals surface area contributed by atoms with Crippen molar-refractivity contribution in [1.29, 1.82) is 0 Å². The van der Waals surface area contributed by atoms with Crippen molar-refractivity contribution < 1.29 is 14.6 Å². The van der Waals surface area contributed by atoms with Crippen LogP contribution in [0.4, 0.5) is 16.3 Å². The topological polar surface area (TPSA) is 90.8 Å². The lowest BCUT2D eigenvalue weighted by Crippen LogP contribution is -2.36. The van der Waals surface area contributed by atoms with Crippen LogP contribution in [0.5, 0.6) is 0 Å². The third kappa shape index (κ3) is 5.12. The zero-order valence-corrected chi connectivity index (χ0v) is 21.2. The van der Waals surface area contributed by atoms with E-state index in [1.807, 2.05) is 24.3 Å². The number of benzene rings is 2. The number of hydrogen-bond donors (Lipinski definition) is 2. The molecule has 1 atom stereocenters. The van der Waals surface area contributed by atoms with E-state index in [-0.39, 0.29) is 6.04 Å². The maximum absolute atomic E-state index is 11.3. The molecular formula is C27H29N5O3S. The number of nitrogens with zero attached hydrogens (tertiary/aromatic N) is 4.